The third kappa shape index (κ3) is 13.6. The predicted molar refractivity (Wildman–Crippen MR) is 175 cm³/mol. The van der Waals surface area contributed by atoms with Gasteiger partial charge in [-0.05, 0) is 39.5 Å². The van der Waals surface area contributed by atoms with Crippen molar-refractivity contribution in [3.8, 4) is 0 Å². The number of amides is 3. The molecule has 4 unspecified atom stereocenters. The van der Waals surface area contributed by atoms with Crippen molar-refractivity contribution < 1.29 is 29.0 Å². The summed E-state index contributed by atoms with van der Waals surface area (Å²) in [6.45, 7) is 13.6. The average molecular weight is 624 g/mol. The Balaban J connectivity index is 2.00. The lowest BCUT2D eigenvalue weighted by Crippen LogP contribution is -2.60. The molecule has 1 saturated carbocycles. The van der Waals surface area contributed by atoms with Gasteiger partial charge in [-0.25, -0.2) is 4.79 Å². The molecule has 0 aromatic carbocycles. The van der Waals surface area contributed by atoms with E-state index >= 15 is 0 Å². The first-order chi connectivity index (χ1) is 20.9. The van der Waals surface area contributed by atoms with Crippen molar-refractivity contribution in [2.24, 2.45) is 11.3 Å². The number of rotatable bonds is 20. The largest absolute Gasteiger partial charge is 0.481 e. The Morgan fingerprint density at radius 2 is 1.41 bits per heavy atom. The molecule has 3 amide bonds. The van der Waals surface area contributed by atoms with Crippen LogP contribution < -0.4 is 10.6 Å². The summed E-state index contributed by atoms with van der Waals surface area (Å²) in [5, 5.41) is 16.1. The van der Waals surface area contributed by atoms with Crippen LogP contribution in [0.5, 0.6) is 0 Å². The summed E-state index contributed by atoms with van der Waals surface area (Å²) in [5.74, 6) is -2.37. The average Bonchev–Trinajstić information content (AvgIpc) is 2.96. The van der Waals surface area contributed by atoms with Crippen molar-refractivity contribution >= 4 is 17.9 Å². The molecule has 2 aliphatic rings. The van der Waals surface area contributed by atoms with E-state index in [1.54, 1.807) is 13.8 Å². The zero-order valence-electron chi connectivity index (χ0n) is 28.9. The van der Waals surface area contributed by atoms with E-state index in [0.717, 1.165) is 64.5 Å². The highest BCUT2D eigenvalue weighted by Gasteiger charge is 2.47. The molecular formula is C35H65N3O6. The van der Waals surface area contributed by atoms with Crippen molar-refractivity contribution in [1.29, 1.82) is 0 Å². The number of nitrogens with one attached hydrogen (secondary N) is 2. The summed E-state index contributed by atoms with van der Waals surface area (Å²) in [7, 11) is 0. The maximum absolute atomic E-state index is 13.6. The van der Waals surface area contributed by atoms with Crippen molar-refractivity contribution in [2.45, 2.75) is 175 Å². The number of unbranched alkanes of at least 4 members (excludes halogenated alkanes) is 10. The lowest BCUT2D eigenvalue weighted by atomic mass is 9.78. The SMILES string of the molecule is CCCCCCCCCCCCN(CCCC)C(=O)NC1CCCCC1C(CC(=O)O)NC(=O)C1OC(C)(C)OCC1(C)C. The fraction of sp³-hybridized carbons (Fsp3) is 0.914. The zero-order chi connectivity index (χ0) is 32.6. The predicted octanol–water partition coefficient (Wildman–Crippen LogP) is 7.42. The molecule has 1 aliphatic carbocycles. The van der Waals surface area contributed by atoms with Gasteiger partial charge >= 0.3 is 12.0 Å². The second-order valence-electron chi connectivity index (χ2n) is 14.4. The van der Waals surface area contributed by atoms with Crippen LogP contribution in [0.15, 0.2) is 0 Å². The quantitative estimate of drug-likeness (QED) is 0.122. The Morgan fingerprint density at radius 3 is 2.02 bits per heavy atom. The van der Waals surface area contributed by atoms with Gasteiger partial charge < -0.3 is 30.1 Å². The number of urea groups is 1. The van der Waals surface area contributed by atoms with Gasteiger partial charge in [-0.3, -0.25) is 9.59 Å². The Morgan fingerprint density at radius 1 is 0.841 bits per heavy atom. The number of aliphatic carboxylic acids is 1. The van der Waals surface area contributed by atoms with Gasteiger partial charge in [-0.2, -0.15) is 0 Å². The molecule has 1 saturated heterocycles. The molecule has 2 fully saturated rings. The highest BCUT2D eigenvalue weighted by atomic mass is 16.7. The minimum absolute atomic E-state index is 0.0673. The third-order valence-electron chi connectivity index (χ3n) is 9.36. The molecule has 9 heteroatoms. The molecule has 0 aromatic rings. The molecule has 0 bridgehead atoms. The summed E-state index contributed by atoms with van der Waals surface area (Å²) in [4.78, 5) is 41.1. The van der Waals surface area contributed by atoms with E-state index < -0.39 is 29.3 Å². The van der Waals surface area contributed by atoms with Crippen molar-refractivity contribution in [2.75, 3.05) is 19.7 Å². The molecular weight excluding hydrogens is 558 g/mol. The van der Waals surface area contributed by atoms with Crippen molar-refractivity contribution in [1.82, 2.24) is 15.5 Å². The van der Waals surface area contributed by atoms with Crippen LogP contribution in [0.3, 0.4) is 0 Å². The van der Waals surface area contributed by atoms with Crippen molar-refractivity contribution in [3.05, 3.63) is 0 Å². The number of nitrogens with zero attached hydrogens (tertiary/aromatic N) is 1. The zero-order valence-corrected chi connectivity index (χ0v) is 28.9. The van der Waals surface area contributed by atoms with Crippen LogP contribution in [0.2, 0.25) is 0 Å². The van der Waals surface area contributed by atoms with Crippen molar-refractivity contribution in [3.63, 3.8) is 0 Å². The van der Waals surface area contributed by atoms with Crippen LogP contribution in [0.4, 0.5) is 4.79 Å². The molecule has 256 valence electrons. The molecule has 3 N–H and O–H groups in total. The van der Waals surface area contributed by atoms with Gasteiger partial charge in [-0.15, -0.1) is 0 Å². The van der Waals surface area contributed by atoms with Gasteiger partial charge in [0.05, 0.1) is 13.0 Å². The van der Waals surface area contributed by atoms with E-state index in [4.69, 9.17) is 9.47 Å². The van der Waals surface area contributed by atoms with Crippen LogP contribution in [0, 0.1) is 11.3 Å². The molecule has 9 nitrogen and oxygen atoms in total. The number of carboxylic acids is 1. The van der Waals surface area contributed by atoms with Gasteiger partial charge in [0.1, 0.15) is 6.10 Å². The second-order valence-corrected chi connectivity index (χ2v) is 14.4. The lowest BCUT2D eigenvalue weighted by Gasteiger charge is -2.45. The van der Waals surface area contributed by atoms with Gasteiger partial charge in [0.2, 0.25) is 5.91 Å². The van der Waals surface area contributed by atoms with Crippen LogP contribution in [0.25, 0.3) is 0 Å². The highest BCUT2D eigenvalue weighted by molar-refractivity contribution is 5.83. The fourth-order valence-corrected chi connectivity index (χ4v) is 6.60. The van der Waals surface area contributed by atoms with Gasteiger partial charge in [-0.1, -0.05) is 105 Å². The minimum atomic E-state index is -0.969. The number of carbonyl (C=O) groups excluding carboxylic acids is 2. The molecule has 2 rings (SSSR count). The number of carbonyl (C=O) groups is 3. The van der Waals surface area contributed by atoms with E-state index in [1.807, 2.05) is 18.7 Å². The van der Waals surface area contributed by atoms with Crippen LogP contribution in [-0.2, 0) is 19.1 Å². The van der Waals surface area contributed by atoms with E-state index in [9.17, 15) is 19.5 Å². The molecule has 44 heavy (non-hydrogen) atoms. The second kappa shape index (κ2) is 19.6. The molecule has 1 heterocycles. The first-order valence-electron chi connectivity index (χ1n) is 17.8. The first-order valence-corrected chi connectivity index (χ1v) is 17.8. The maximum Gasteiger partial charge on any atom is 0.317 e. The van der Waals surface area contributed by atoms with E-state index in [0.29, 0.717) is 6.61 Å². The van der Waals surface area contributed by atoms with E-state index in [-0.39, 0.29) is 30.3 Å². The smallest absolute Gasteiger partial charge is 0.317 e. The first kappa shape index (κ1) is 38.3. The third-order valence-corrected chi connectivity index (χ3v) is 9.36. The monoisotopic (exact) mass is 623 g/mol. The van der Waals surface area contributed by atoms with Crippen LogP contribution >= 0.6 is 0 Å². The van der Waals surface area contributed by atoms with Crippen LogP contribution in [-0.4, -0.2) is 71.6 Å². The highest BCUT2D eigenvalue weighted by Crippen LogP contribution is 2.36. The fourth-order valence-electron chi connectivity index (χ4n) is 6.60. The Kier molecular flexibility index (Phi) is 17.1. The lowest BCUT2D eigenvalue weighted by molar-refractivity contribution is -0.304. The van der Waals surface area contributed by atoms with E-state index in [1.165, 1.54) is 51.4 Å². The minimum Gasteiger partial charge on any atom is -0.481 e. The molecule has 0 aromatic heterocycles. The molecule has 0 spiro atoms. The van der Waals surface area contributed by atoms with Gasteiger partial charge in [0.25, 0.3) is 0 Å². The van der Waals surface area contributed by atoms with Crippen LogP contribution in [0.1, 0.15) is 151 Å². The van der Waals surface area contributed by atoms with Gasteiger partial charge in [0.15, 0.2) is 5.79 Å². The normalized spacial score (nSPS) is 23.5. The molecule has 1 aliphatic heterocycles. The summed E-state index contributed by atoms with van der Waals surface area (Å²) in [6.07, 6.45) is 17.0. The number of carboxylic acid groups (broad SMARTS) is 1. The Bertz CT molecular complexity index is 863. The number of ether oxygens (including phenoxy) is 2. The molecule has 4 atom stereocenters. The summed E-state index contributed by atoms with van der Waals surface area (Å²) in [6, 6.07) is -0.873. The van der Waals surface area contributed by atoms with E-state index in [2.05, 4.69) is 24.5 Å². The Labute approximate surface area is 268 Å². The number of hydrogen-bond donors (Lipinski definition) is 3. The Hall–Kier alpha value is -1.87. The van der Waals surface area contributed by atoms with Gasteiger partial charge in [0, 0.05) is 36.5 Å². The summed E-state index contributed by atoms with van der Waals surface area (Å²) >= 11 is 0. The topological polar surface area (TPSA) is 117 Å². The maximum atomic E-state index is 13.6. The standard InChI is InChI=1S/C35H65N3O6/c1-7-9-11-12-13-14-15-16-17-20-24-38(23-10-8-2)33(42)37-28-22-19-18-21-27(28)29(25-30(39)40)36-32(41)31-34(3,4)26-43-35(5,6)44-31/h27-29,31H,7-26H2,1-6H3,(H,36,41)(H,37,42)(H,39,40). The summed E-state index contributed by atoms with van der Waals surface area (Å²) in [5.41, 5.74) is -0.567. The summed E-state index contributed by atoms with van der Waals surface area (Å²) < 4.78 is 11.8. The number of hydrogen-bond acceptors (Lipinski definition) is 5. The molecule has 0 radical (unpaired) electrons.